The van der Waals surface area contributed by atoms with Crippen LogP contribution in [0.15, 0.2) is 36.4 Å². The van der Waals surface area contributed by atoms with Crippen molar-refractivity contribution in [2.45, 2.75) is 6.18 Å². The van der Waals surface area contributed by atoms with Gasteiger partial charge in [0.05, 0.1) is 28.4 Å². The molecule has 0 spiro atoms. The lowest BCUT2D eigenvalue weighted by molar-refractivity contribution is -0.137. The second-order valence-corrected chi connectivity index (χ2v) is 7.96. The Bertz CT molecular complexity index is 1120. The van der Waals surface area contributed by atoms with Crippen LogP contribution in [0, 0.1) is 0 Å². The lowest BCUT2D eigenvalue weighted by Crippen LogP contribution is -2.19. The standard InChI is InChI=1S/C18H11Cl2F3N2O2S2/c1-27-16(26)15-14(20)10-4-3-9(7-13(10)29-15)24-17(28)25-12-6-8(18(21,22)23)2-5-11(12)19/h2-7H,1H3,(H2,24,25,28). The largest absolute Gasteiger partial charge is 0.465 e. The van der Waals surface area contributed by atoms with E-state index >= 15 is 0 Å². The number of esters is 1. The highest BCUT2D eigenvalue weighted by atomic mass is 35.5. The summed E-state index contributed by atoms with van der Waals surface area (Å²) in [5, 5.41) is 6.61. The van der Waals surface area contributed by atoms with Gasteiger partial charge in [0.2, 0.25) is 0 Å². The van der Waals surface area contributed by atoms with Crippen molar-refractivity contribution >= 4 is 79.3 Å². The highest BCUT2D eigenvalue weighted by Gasteiger charge is 2.31. The molecule has 11 heteroatoms. The predicted octanol–water partition coefficient (Wildman–Crippen LogP) is 6.82. The van der Waals surface area contributed by atoms with Gasteiger partial charge >= 0.3 is 12.1 Å². The van der Waals surface area contributed by atoms with Crippen LogP contribution in [0.5, 0.6) is 0 Å². The molecule has 3 aromatic rings. The van der Waals surface area contributed by atoms with E-state index in [-0.39, 0.29) is 20.7 Å². The van der Waals surface area contributed by atoms with Crippen molar-refractivity contribution in [1.82, 2.24) is 0 Å². The number of carbonyl (C=O) groups excluding carboxylic acids is 1. The molecule has 0 aliphatic rings. The number of methoxy groups -OCH3 is 1. The molecule has 0 unspecified atom stereocenters. The van der Waals surface area contributed by atoms with Crippen LogP contribution in [0.4, 0.5) is 24.5 Å². The van der Waals surface area contributed by atoms with E-state index in [2.05, 4.69) is 10.6 Å². The van der Waals surface area contributed by atoms with Crippen LogP contribution in [0.2, 0.25) is 10.0 Å². The van der Waals surface area contributed by atoms with Crippen LogP contribution < -0.4 is 10.6 Å². The first-order chi connectivity index (χ1) is 13.6. The van der Waals surface area contributed by atoms with Crippen molar-refractivity contribution in [3.8, 4) is 0 Å². The fourth-order valence-corrected chi connectivity index (χ4v) is 4.31. The number of nitrogens with one attached hydrogen (secondary N) is 2. The van der Waals surface area contributed by atoms with Gasteiger partial charge in [0.1, 0.15) is 4.88 Å². The van der Waals surface area contributed by atoms with Crippen molar-refractivity contribution < 1.29 is 22.7 Å². The number of fused-ring (bicyclic) bond motifs is 1. The van der Waals surface area contributed by atoms with E-state index in [0.29, 0.717) is 20.8 Å². The van der Waals surface area contributed by atoms with Gasteiger partial charge in [-0.1, -0.05) is 23.2 Å². The molecule has 0 saturated heterocycles. The number of thiocarbonyl (C=S) groups is 1. The van der Waals surface area contributed by atoms with Crippen molar-refractivity contribution in [2.24, 2.45) is 0 Å². The molecule has 0 atom stereocenters. The number of alkyl halides is 3. The second kappa shape index (κ2) is 8.35. The van der Waals surface area contributed by atoms with E-state index in [4.69, 9.17) is 40.2 Å². The van der Waals surface area contributed by atoms with E-state index in [1.165, 1.54) is 7.11 Å². The minimum absolute atomic E-state index is 0.0206. The number of benzene rings is 2. The molecule has 0 aliphatic heterocycles. The Morgan fingerprint density at radius 2 is 1.86 bits per heavy atom. The summed E-state index contributed by atoms with van der Waals surface area (Å²) in [5.74, 6) is -0.540. The molecule has 0 aliphatic carbocycles. The number of anilines is 2. The maximum Gasteiger partial charge on any atom is 0.416 e. The first-order valence-corrected chi connectivity index (χ1v) is 9.83. The lowest BCUT2D eigenvalue weighted by atomic mass is 10.2. The summed E-state index contributed by atoms with van der Waals surface area (Å²) in [4.78, 5) is 12.0. The molecule has 1 heterocycles. The molecule has 0 amide bonds. The van der Waals surface area contributed by atoms with E-state index in [0.717, 1.165) is 29.5 Å². The Morgan fingerprint density at radius 3 is 2.52 bits per heavy atom. The Hall–Kier alpha value is -2.07. The van der Waals surface area contributed by atoms with Crippen molar-refractivity contribution in [3.63, 3.8) is 0 Å². The summed E-state index contributed by atoms with van der Waals surface area (Å²) >= 11 is 18.5. The molecule has 4 nitrogen and oxygen atoms in total. The Morgan fingerprint density at radius 1 is 1.14 bits per heavy atom. The first-order valence-electron chi connectivity index (χ1n) is 7.85. The average Bonchev–Trinajstić information content (AvgIpc) is 2.98. The zero-order valence-electron chi connectivity index (χ0n) is 14.5. The average molecular weight is 479 g/mol. The van der Waals surface area contributed by atoms with Gasteiger partial charge in [-0.15, -0.1) is 11.3 Å². The third-order valence-electron chi connectivity index (χ3n) is 3.80. The number of carbonyl (C=O) groups is 1. The van der Waals surface area contributed by atoms with Crippen molar-refractivity contribution in [2.75, 3.05) is 17.7 Å². The van der Waals surface area contributed by atoms with Gasteiger partial charge in [0, 0.05) is 15.8 Å². The molecular weight excluding hydrogens is 468 g/mol. The zero-order valence-corrected chi connectivity index (χ0v) is 17.6. The zero-order chi connectivity index (χ0) is 21.3. The number of hydrogen-bond acceptors (Lipinski definition) is 4. The molecule has 0 fully saturated rings. The van der Waals surface area contributed by atoms with Gasteiger partial charge in [0.25, 0.3) is 0 Å². The fraction of sp³-hybridized carbons (Fsp3) is 0.111. The summed E-state index contributed by atoms with van der Waals surface area (Å²) in [7, 11) is 1.26. The first kappa shape index (κ1) is 21.6. The highest BCUT2D eigenvalue weighted by Crippen LogP contribution is 2.37. The van der Waals surface area contributed by atoms with Crippen LogP contribution in [-0.4, -0.2) is 18.2 Å². The molecule has 0 radical (unpaired) electrons. The number of halogens is 5. The number of hydrogen-bond donors (Lipinski definition) is 2. The van der Waals surface area contributed by atoms with Crippen LogP contribution >= 0.6 is 46.8 Å². The van der Waals surface area contributed by atoms with Gasteiger partial charge < -0.3 is 15.4 Å². The lowest BCUT2D eigenvalue weighted by Gasteiger charge is -2.14. The molecule has 0 bridgehead atoms. The predicted molar refractivity (Wildman–Crippen MR) is 114 cm³/mol. The summed E-state index contributed by atoms with van der Waals surface area (Å²) in [6, 6.07) is 7.98. The molecule has 2 aromatic carbocycles. The van der Waals surface area contributed by atoms with Crippen molar-refractivity contribution in [3.05, 3.63) is 56.9 Å². The molecule has 3 rings (SSSR count). The van der Waals surface area contributed by atoms with E-state index in [1.54, 1.807) is 18.2 Å². The number of thiophene rings is 1. The number of ether oxygens (including phenoxy) is 1. The Kier molecular flexibility index (Phi) is 6.23. The minimum atomic E-state index is -4.50. The third kappa shape index (κ3) is 4.75. The van der Waals surface area contributed by atoms with Gasteiger partial charge in [0.15, 0.2) is 5.11 Å². The molecular formula is C18H11Cl2F3N2O2S2. The van der Waals surface area contributed by atoms with Crippen LogP contribution in [-0.2, 0) is 10.9 Å². The van der Waals surface area contributed by atoms with E-state index in [1.807, 2.05) is 0 Å². The smallest absolute Gasteiger partial charge is 0.416 e. The summed E-state index contributed by atoms with van der Waals surface area (Å²) in [5.41, 5.74) is -0.281. The molecule has 29 heavy (non-hydrogen) atoms. The van der Waals surface area contributed by atoms with E-state index < -0.39 is 17.7 Å². The summed E-state index contributed by atoms with van der Waals surface area (Å²) < 4.78 is 44.1. The summed E-state index contributed by atoms with van der Waals surface area (Å²) in [6.07, 6.45) is -4.50. The molecule has 152 valence electrons. The van der Waals surface area contributed by atoms with Crippen LogP contribution in [0.3, 0.4) is 0 Å². The second-order valence-electron chi connectivity index (χ2n) is 5.72. The van der Waals surface area contributed by atoms with Gasteiger partial charge in [-0.3, -0.25) is 0 Å². The van der Waals surface area contributed by atoms with Gasteiger partial charge in [-0.2, -0.15) is 13.2 Å². The van der Waals surface area contributed by atoms with Crippen LogP contribution in [0.1, 0.15) is 15.2 Å². The quantitative estimate of drug-likeness (QED) is 0.319. The van der Waals surface area contributed by atoms with E-state index in [9.17, 15) is 18.0 Å². The monoisotopic (exact) mass is 478 g/mol. The van der Waals surface area contributed by atoms with Gasteiger partial charge in [-0.05, 0) is 48.6 Å². The minimum Gasteiger partial charge on any atom is -0.465 e. The molecule has 1 aromatic heterocycles. The fourth-order valence-electron chi connectivity index (χ4n) is 2.45. The maximum absolute atomic E-state index is 12.9. The highest BCUT2D eigenvalue weighted by molar-refractivity contribution is 7.80. The SMILES string of the molecule is COC(=O)c1sc2cc(NC(=S)Nc3cc(C(F)(F)F)ccc3Cl)ccc2c1Cl. The molecule has 0 saturated carbocycles. The topological polar surface area (TPSA) is 50.4 Å². The number of rotatable bonds is 3. The van der Waals surface area contributed by atoms with Gasteiger partial charge in [-0.25, -0.2) is 4.79 Å². The third-order valence-corrected chi connectivity index (χ3v) is 5.97. The Labute approximate surface area is 182 Å². The maximum atomic E-state index is 12.9. The normalized spacial score (nSPS) is 11.4. The van der Waals surface area contributed by atoms with Crippen LogP contribution in [0.25, 0.3) is 10.1 Å². The molecule has 2 N–H and O–H groups in total. The summed E-state index contributed by atoms with van der Waals surface area (Å²) in [6.45, 7) is 0. The Balaban J connectivity index is 1.81. The van der Waals surface area contributed by atoms with Crippen molar-refractivity contribution in [1.29, 1.82) is 0 Å².